The molecule has 6 nitrogen and oxygen atoms in total. The van der Waals surface area contributed by atoms with E-state index in [4.69, 9.17) is 9.79 Å². The molecule has 0 fully saturated rings. The van der Waals surface area contributed by atoms with Crippen molar-refractivity contribution < 1.29 is 4.53 Å². The number of aromatic nitrogens is 3. The summed E-state index contributed by atoms with van der Waals surface area (Å²) >= 11 is 0. The van der Waals surface area contributed by atoms with Gasteiger partial charge in [-0.05, 0) is 19.6 Å². The summed E-state index contributed by atoms with van der Waals surface area (Å²) < 4.78 is 6.65. The third-order valence-corrected chi connectivity index (χ3v) is 2.03. The summed E-state index contributed by atoms with van der Waals surface area (Å²) in [6.45, 7) is 6.07. The van der Waals surface area contributed by atoms with Crippen molar-refractivity contribution in [3.8, 4) is 6.07 Å². The van der Waals surface area contributed by atoms with Gasteiger partial charge in [0.05, 0.1) is 0 Å². The van der Waals surface area contributed by atoms with Crippen molar-refractivity contribution in [1.82, 2.24) is 14.8 Å². The molecule has 0 aliphatic rings. The molecule has 1 aromatic heterocycles. The summed E-state index contributed by atoms with van der Waals surface area (Å²) in [6.07, 6.45) is 1.42. The maximum absolute atomic E-state index is 8.64. The van der Waals surface area contributed by atoms with Gasteiger partial charge in [0.1, 0.15) is 12.3 Å². The Morgan fingerprint density at radius 1 is 1.53 bits per heavy atom. The zero-order valence-electron chi connectivity index (χ0n) is 9.22. The van der Waals surface area contributed by atoms with Gasteiger partial charge in [0.15, 0.2) is 5.82 Å². The third kappa shape index (κ3) is 3.51. The average Bonchev–Trinajstić information content (AvgIpc) is 2.44. The van der Waals surface area contributed by atoms with Crippen LogP contribution in [0.4, 0.5) is 0 Å². The topological polar surface area (TPSA) is 76.1 Å². The molecule has 1 rings (SSSR count). The molecule has 0 saturated heterocycles. The maximum atomic E-state index is 8.64. The van der Waals surface area contributed by atoms with Gasteiger partial charge in [-0.1, -0.05) is 0 Å². The lowest BCUT2D eigenvalue weighted by Gasteiger charge is -2.11. The van der Waals surface area contributed by atoms with Crippen molar-refractivity contribution in [2.45, 2.75) is 19.6 Å². The van der Waals surface area contributed by atoms with Gasteiger partial charge in [-0.2, -0.15) is 10.2 Å². The molecule has 15 heavy (non-hydrogen) atoms. The molecular formula is C8H13N5OSi. The van der Waals surface area contributed by atoms with Crippen LogP contribution in [0.15, 0.2) is 5.16 Å². The maximum Gasteiger partial charge on any atom is 0.278 e. The molecule has 0 amide bonds. The van der Waals surface area contributed by atoms with Crippen LogP contribution < -0.4 is 0 Å². The van der Waals surface area contributed by atoms with Gasteiger partial charge in [0.2, 0.25) is 5.82 Å². The lowest BCUT2D eigenvalue weighted by atomic mass is 10.6. The van der Waals surface area contributed by atoms with Crippen LogP contribution in [0.3, 0.4) is 0 Å². The van der Waals surface area contributed by atoms with E-state index >= 15 is 0 Å². The fourth-order valence-corrected chi connectivity index (χ4v) is 1.16. The van der Waals surface area contributed by atoms with Gasteiger partial charge in [-0.3, -0.25) is 0 Å². The number of hydrogen-bond acceptors (Lipinski definition) is 5. The summed E-state index contributed by atoms with van der Waals surface area (Å²) in [4.78, 5) is 3.92. The minimum absolute atomic E-state index is 0.254. The van der Waals surface area contributed by atoms with Gasteiger partial charge < -0.3 is 4.53 Å². The first-order valence-electron chi connectivity index (χ1n) is 4.45. The number of hydrogen-bond donors (Lipinski definition) is 0. The number of oxime groups is 1. The van der Waals surface area contributed by atoms with Crippen LogP contribution in [0.5, 0.6) is 0 Å². The standard InChI is InChI=1S/C8H13N5OSi/c1-13-8(5-9)11-7(12-13)6-10-14-15(2,3)4/h6H,1-4H3/b10-6+. The number of nitrogens with zero attached hydrogens (tertiary/aromatic N) is 5. The van der Waals surface area contributed by atoms with Gasteiger partial charge in [-0.25, -0.2) is 4.68 Å². The van der Waals surface area contributed by atoms with E-state index in [0.717, 1.165) is 0 Å². The van der Waals surface area contributed by atoms with Crippen LogP contribution in [-0.4, -0.2) is 29.3 Å². The highest BCUT2D eigenvalue weighted by molar-refractivity contribution is 6.69. The largest absolute Gasteiger partial charge is 0.456 e. The monoisotopic (exact) mass is 223 g/mol. The molecule has 0 spiro atoms. The van der Waals surface area contributed by atoms with E-state index in [1.165, 1.54) is 10.9 Å². The van der Waals surface area contributed by atoms with Crippen molar-refractivity contribution in [2.24, 2.45) is 12.2 Å². The van der Waals surface area contributed by atoms with Crippen molar-refractivity contribution in [3.05, 3.63) is 11.6 Å². The Morgan fingerprint density at radius 2 is 2.20 bits per heavy atom. The lowest BCUT2D eigenvalue weighted by Crippen LogP contribution is -2.22. The highest BCUT2D eigenvalue weighted by Crippen LogP contribution is 2.02. The normalized spacial score (nSPS) is 11.7. The van der Waals surface area contributed by atoms with E-state index in [1.54, 1.807) is 7.05 Å². The second kappa shape index (κ2) is 4.23. The van der Waals surface area contributed by atoms with Crippen molar-refractivity contribution >= 4 is 14.5 Å². The second-order valence-electron chi connectivity index (χ2n) is 3.97. The van der Waals surface area contributed by atoms with Crippen LogP contribution in [0.1, 0.15) is 11.6 Å². The Hall–Kier alpha value is -1.68. The first kappa shape index (κ1) is 11.4. The second-order valence-corrected chi connectivity index (χ2v) is 8.37. The molecule has 0 radical (unpaired) electrons. The van der Waals surface area contributed by atoms with Crippen LogP contribution >= 0.6 is 0 Å². The Morgan fingerprint density at radius 3 is 2.67 bits per heavy atom. The number of aryl methyl sites for hydroxylation is 1. The molecule has 0 atom stereocenters. The summed E-state index contributed by atoms with van der Waals surface area (Å²) in [5, 5.41) is 16.4. The summed E-state index contributed by atoms with van der Waals surface area (Å²) in [7, 11) is 0.00357. The predicted molar refractivity (Wildman–Crippen MR) is 57.7 cm³/mol. The first-order valence-corrected chi connectivity index (χ1v) is 7.86. The highest BCUT2D eigenvalue weighted by atomic mass is 28.4. The van der Waals surface area contributed by atoms with Gasteiger partial charge in [0.25, 0.3) is 8.32 Å². The SMILES string of the molecule is Cn1nc(/C=N/O[Si](C)(C)C)nc1C#N. The molecule has 0 saturated carbocycles. The molecule has 7 heteroatoms. The molecule has 0 aliphatic carbocycles. The Balaban J connectivity index is 2.70. The van der Waals surface area contributed by atoms with Crippen LogP contribution in [0.25, 0.3) is 0 Å². The van der Waals surface area contributed by atoms with Crippen molar-refractivity contribution in [2.75, 3.05) is 0 Å². The molecule has 1 heterocycles. The molecular weight excluding hydrogens is 210 g/mol. The Labute approximate surface area is 89.3 Å². The lowest BCUT2D eigenvalue weighted by molar-refractivity contribution is 0.337. The van der Waals surface area contributed by atoms with Crippen LogP contribution in [0.2, 0.25) is 19.6 Å². The number of nitriles is 1. The molecule has 0 unspecified atom stereocenters. The Bertz CT molecular complexity index is 412. The molecule has 1 aromatic rings. The van der Waals surface area contributed by atoms with Gasteiger partial charge in [0, 0.05) is 7.05 Å². The zero-order chi connectivity index (χ0) is 11.5. The van der Waals surface area contributed by atoms with Crippen LogP contribution in [-0.2, 0) is 11.6 Å². The summed E-state index contributed by atoms with van der Waals surface area (Å²) in [5.74, 6) is 0.636. The first-order chi connectivity index (χ1) is 6.92. The van der Waals surface area contributed by atoms with E-state index in [1.807, 2.05) is 25.7 Å². The van der Waals surface area contributed by atoms with E-state index < -0.39 is 8.32 Å². The average molecular weight is 223 g/mol. The van der Waals surface area contributed by atoms with Gasteiger partial charge >= 0.3 is 0 Å². The van der Waals surface area contributed by atoms with Crippen molar-refractivity contribution in [1.29, 1.82) is 5.26 Å². The molecule has 0 N–H and O–H groups in total. The minimum atomic E-state index is -1.65. The quantitative estimate of drug-likeness (QED) is 0.433. The minimum Gasteiger partial charge on any atom is -0.456 e. The molecule has 0 aromatic carbocycles. The van der Waals surface area contributed by atoms with E-state index in [0.29, 0.717) is 5.82 Å². The highest BCUT2D eigenvalue weighted by Gasteiger charge is 2.15. The van der Waals surface area contributed by atoms with Crippen molar-refractivity contribution in [3.63, 3.8) is 0 Å². The fourth-order valence-electron chi connectivity index (χ4n) is 0.788. The molecule has 0 bridgehead atoms. The summed E-state index contributed by atoms with van der Waals surface area (Å²) in [5.41, 5.74) is 0. The fraction of sp³-hybridized carbons (Fsp3) is 0.500. The van der Waals surface area contributed by atoms with Gasteiger partial charge in [-0.15, -0.1) is 10.3 Å². The van der Waals surface area contributed by atoms with Crippen LogP contribution in [0, 0.1) is 11.3 Å². The summed E-state index contributed by atoms with van der Waals surface area (Å²) in [6, 6.07) is 1.92. The zero-order valence-corrected chi connectivity index (χ0v) is 10.2. The van der Waals surface area contributed by atoms with E-state index in [2.05, 4.69) is 15.2 Å². The van der Waals surface area contributed by atoms with E-state index in [9.17, 15) is 0 Å². The Kier molecular flexibility index (Phi) is 3.21. The smallest absolute Gasteiger partial charge is 0.278 e. The molecule has 0 aliphatic heterocycles. The predicted octanol–water partition coefficient (Wildman–Crippen LogP) is 0.872. The van der Waals surface area contributed by atoms with E-state index in [-0.39, 0.29) is 5.82 Å². The number of rotatable bonds is 3. The third-order valence-electron chi connectivity index (χ3n) is 1.37. The molecule has 80 valence electrons.